The first kappa shape index (κ1) is 85.4. The average molecular weight is 1650 g/mol. The Hall–Kier alpha value is -11.5. The molecule has 10 heterocycles. The van der Waals surface area contributed by atoms with Crippen LogP contribution in [0.5, 0.6) is 0 Å². The maximum atomic E-state index is 14.4. The molecule has 0 radical (unpaired) electrons. The largest absolute Gasteiger partial charge is 0.481 e. The van der Waals surface area contributed by atoms with Crippen LogP contribution in [-0.4, -0.2) is 221 Å². The number of anilines is 3. The van der Waals surface area contributed by atoms with Gasteiger partial charge in [-0.1, -0.05) is 27.7 Å². The molecule has 11 aliphatic rings. The Morgan fingerprint density at radius 2 is 0.756 bits per heavy atom. The van der Waals surface area contributed by atoms with E-state index >= 15 is 0 Å². The molecule has 0 spiro atoms. The summed E-state index contributed by atoms with van der Waals surface area (Å²) in [4.78, 5) is 153. The summed E-state index contributed by atoms with van der Waals surface area (Å²) in [6, 6.07) is 14.4. The molecule has 11 fully saturated rings. The van der Waals surface area contributed by atoms with E-state index in [9.17, 15) is 70.7 Å². The lowest BCUT2D eigenvalue weighted by molar-refractivity contribution is -0.143. The van der Waals surface area contributed by atoms with E-state index in [-0.39, 0.29) is 126 Å². The van der Waals surface area contributed by atoms with Gasteiger partial charge in [0.25, 0.3) is 11.8 Å². The van der Waals surface area contributed by atoms with E-state index in [1.165, 1.54) is 24.3 Å². The van der Waals surface area contributed by atoms with Crippen molar-refractivity contribution >= 4 is 88.1 Å². The first-order valence-corrected chi connectivity index (χ1v) is 41.1. The number of amides is 10. The van der Waals surface area contributed by atoms with Gasteiger partial charge in [-0.15, -0.1) is 0 Å². The lowest BCUT2D eigenvalue weighted by Gasteiger charge is -2.42. The highest BCUT2D eigenvalue weighted by Crippen LogP contribution is 2.49. The molecule has 4 saturated carbocycles. The summed E-state index contributed by atoms with van der Waals surface area (Å²) in [5.41, 5.74) is 3.61. The van der Waals surface area contributed by atoms with E-state index in [1.807, 2.05) is 55.7 Å². The third-order valence-corrected chi connectivity index (χ3v) is 25.1. The van der Waals surface area contributed by atoms with Gasteiger partial charge >= 0.3 is 24.0 Å². The molecule has 10 amide bonds. The number of Topliss-reactive ketones (excluding diaryl/α,β-unsaturated/α-hetero) is 2. The summed E-state index contributed by atoms with van der Waals surface area (Å²) in [5.74, 6) is -5.78. The summed E-state index contributed by atoms with van der Waals surface area (Å²) in [6.07, 6.45) is 18.2. The second kappa shape index (κ2) is 35.2. The van der Waals surface area contributed by atoms with Crippen molar-refractivity contribution in [2.45, 2.75) is 179 Å². The van der Waals surface area contributed by atoms with Crippen molar-refractivity contribution in [2.75, 3.05) is 73.6 Å². The van der Waals surface area contributed by atoms with Crippen LogP contribution in [0, 0.1) is 64.8 Å². The van der Waals surface area contributed by atoms with Crippen molar-refractivity contribution < 1.29 is 80.9 Å². The topological polar surface area (TPSA) is 432 Å². The van der Waals surface area contributed by atoms with Gasteiger partial charge in [-0.2, -0.15) is 15.3 Å². The summed E-state index contributed by atoms with van der Waals surface area (Å²) in [5, 5.41) is 56.9. The average Bonchev–Trinajstić information content (AvgIpc) is 1.62. The number of piperazine rings is 3. The van der Waals surface area contributed by atoms with Crippen molar-refractivity contribution in [3.63, 3.8) is 0 Å². The van der Waals surface area contributed by atoms with Gasteiger partial charge in [0.15, 0.2) is 11.6 Å². The minimum absolute atomic E-state index is 0.0178. The molecule has 12 N–H and O–H groups in total. The number of carboxylic acid groups (broad SMARTS) is 2. The number of nitrogens with zero attached hydrogens (tertiary/aromatic N) is 8. The van der Waals surface area contributed by atoms with E-state index < -0.39 is 69.8 Å². The fourth-order valence-electron chi connectivity index (χ4n) is 18.3. The van der Waals surface area contributed by atoms with Crippen LogP contribution in [0.25, 0.3) is 33.4 Å². The van der Waals surface area contributed by atoms with Crippen molar-refractivity contribution in [1.82, 2.24) is 77.6 Å². The number of carboxylic acids is 2. The molecule has 7 aliphatic heterocycles. The van der Waals surface area contributed by atoms with Gasteiger partial charge in [0.05, 0.1) is 43.3 Å². The van der Waals surface area contributed by atoms with Crippen molar-refractivity contribution in [3.8, 4) is 33.4 Å². The van der Waals surface area contributed by atoms with Gasteiger partial charge in [-0.05, 0) is 193 Å². The van der Waals surface area contributed by atoms with Crippen LogP contribution < -0.4 is 51.9 Å². The quantitative estimate of drug-likeness (QED) is 0.0236. The number of nitrogens with one attached hydrogen (secondary N) is 10. The minimum atomic E-state index is -0.981. The monoisotopic (exact) mass is 1650 g/mol. The summed E-state index contributed by atoms with van der Waals surface area (Å²) < 4.78 is 42.6. The van der Waals surface area contributed by atoms with Gasteiger partial charge in [-0.3, -0.25) is 73.9 Å². The number of benzene rings is 3. The van der Waals surface area contributed by atoms with Gasteiger partial charge in [-0.25, -0.2) is 22.8 Å². The van der Waals surface area contributed by atoms with Crippen LogP contribution in [0.1, 0.15) is 138 Å². The Labute approximate surface area is 685 Å². The zero-order valence-corrected chi connectivity index (χ0v) is 67.8. The van der Waals surface area contributed by atoms with Gasteiger partial charge in [0.1, 0.15) is 39.6 Å². The van der Waals surface area contributed by atoms with Crippen LogP contribution in [0.15, 0.2) is 91.8 Å². The number of H-pyrrole nitrogens is 3. The zero-order chi connectivity index (χ0) is 85.2. The summed E-state index contributed by atoms with van der Waals surface area (Å²) in [6.45, 7) is 18.9. The molecule has 35 heteroatoms. The molecule has 3 aromatic heterocycles. The lowest BCUT2D eigenvalue weighted by Crippen LogP contribution is -2.56. The minimum Gasteiger partial charge on any atom is -0.481 e. The standard InChI is InChI=1S/2C24H29FN6O3.C14H17FN4.2C11H15NO4/c2*1-14(10-24(18-3-4-18)22(33)28-23(34)29-24)21(32)30-5-6-31(15(2)13-30)20-8-16(7-19(25)9-20)17-11-26-27-12-17;1-10-7-16-2-3-19(10)14-5-11(4-13(15)6-14)12-8-17-18-9-12;2*1-6(10(15)16)5-11(7-2-3-7)8(13)4-9(14)12-11/h2*7-9,11-12,14-15,18H,3-6,10,13H2,1-2H3,(H,26,27)(H2,28,29,33,34);4-6,8-10,16H,2-3,7H2,1H3,(H,17,18);2*6-7H,2-5H2,1H3,(H,12,14)(H,15,16)/t14-,15+,24-;14-,15-,24-;10-;2*6-,11-/m10010/s1. The van der Waals surface area contributed by atoms with Gasteiger partial charge < -0.3 is 61.3 Å². The van der Waals surface area contributed by atoms with E-state index in [0.29, 0.717) is 58.2 Å². The van der Waals surface area contributed by atoms with Gasteiger partial charge in [0.2, 0.25) is 23.6 Å². The molecule has 0 bridgehead atoms. The number of aromatic nitrogens is 6. The molecule has 4 aliphatic carbocycles. The first-order chi connectivity index (χ1) is 56.7. The number of carbonyl (C=O) groups excluding carboxylic acids is 10. The number of imide groups is 2. The van der Waals surface area contributed by atoms with Crippen LogP contribution in [0.4, 0.5) is 39.8 Å². The molecular formula is C84H105F3N18O14. The Morgan fingerprint density at radius 3 is 1.03 bits per heavy atom. The third kappa shape index (κ3) is 19.1. The molecule has 32 nitrogen and oxygen atoms in total. The molecular weight excluding hydrogens is 1540 g/mol. The molecule has 0 unspecified atom stereocenters. The maximum Gasteiger partial charge on any atom is 0.322 e. The Kier molecular flexibility index (Phi) is 25.2. The van der Waals surface area contributed by atoms with Crippen molar-refractivity contribution in [3.05, 3.63) is 109 Å². The molecule has 3 aromatic carbocycles. The fraction of sp³-hybridized carbons (Fsp3) is 0.536. The Morgan fingerprint density at radius 1 is 0.429 bits per heavy atom. The third-order valence-electron chi connectivity index (χ3n) is 25.1. The normalized spacial score (nSPS) is 26.3. The number of aromatic amines is 3. The van der Waals surface area contributed by atoms with Crippen molar-refractivity contribution in [2.24, 2.45) is 47.3 Å². The molecule has 17 rings (SSSR count). The van der Waals surface area contributed by atoms with E-state index in [2.05, 4.69) is 89.4 Å². The SMILES string of the molecule is C[C@@H](C[C@@]1(C2CC2)NC(=O)CC1=O)C(=O)O.C[C@@H](C[C@@]1(C2CC2)NC(=O)NC1=O)C(=O)N1CCN(c2cc(F)cc(-c3cn[nH]c3)c2)[C@@H](C)C1.C[C@H](C[C@]1(C2CC2)NC(=O)CC1=O)C(=O)O.C[C@H](C[C@]1(C2CC2)NC(=O)NC1=O)C(=O)N1CCN(c2cc(F)cc(-c3cn[nH]c3)c2)[C@@H](C)C1.C[C@H]1CNCCN1c1cc(F)cc(-c2cn[nH]c2)c1. The number of rotatable bonds is 22. The number of hydrogen-bond donors (Lipinski definition) is 12. The van der Waals surface area contributed by atoms with E-state index in [4.69, 9.17) is 10.2 Å². The van der Waals surface area contributed by atoms with Gasteiger partial charge in [0, 0.05) is 141 Å². The van der Waals surface area contributed by atoms with Crippen LogP contribution in [0.2, 0.25) is 0 Å². The Bertz CT molecular complexity index is 4580. The zero-order valence-electron chi connectivity index (χ0n) is 67.8. The second-order valence-electron chi connectivity index (χ2n) is 34.1. The number of ketones is 2. The first-order valence-electron chi connectivity index (χ1n) is 41.1. The van der Waals surface area contributed by atoms with Crippen LogP contribution in [0.3, 0.4) is 0 Å². The fourth-order valence-corrected chi connectivity index (χ4v) is 18.3. The molecule has 119 heavy (non-hydrogen) atoms. The smallest absolute Gasteiger partial charge is 0.322 e. The number of carbonyl (C=O) groups is 12. The van der Waals surface area contributed by atoms with Crippen LogP contribution >= 0.6 is 0 Å². The predicted octanol–water partition coefficient (Wildman–Crippen LogP) is 7.22. The second-order valence-corrected chi connectivity index (χ2v) is 34.1. The number of urea groups is 2. The molecule has 7 saturated heterocycles. The highest BCUT2D eigenvalue weighted by molar-refractivity contribution is 6.12. The Balaban J connectivity index is 0.000000134. The lowest BCUT2D eigenvalue weighted by atomic mass is 9.81. The number of halogens is 3. The molecule has 636 valence electrons. The van der Waals surface area contributed by atoms with Crippen LogP contribution in [-0.2, 0) is 47.9 Å². The van der Waals surface area contributed by atoms with E-state index in [1.54, 1.807) is 63.2 Å². The summed E-state index contributed by atoms with van der Waals surface area (Å²) >= 11 is 0. The highest BCUT2D eigenvalue weighted by atomic mass is 19.1. The molecule has 11 atom stereocenters. The molecule has 6 aromatic rings. The summed E-state index contributed by atoms with van der Waals surface area (Å²) in [7, 11) is 0. The highest BCUT2D eigenvalue weighted by Gasteiger charge is 2.60. The maximum absolute atomic E-state index is 14.4. The number of aliphatic carboxylic acids is 2. The number of hydrogen-bond acceptors (Lipinski definition) is 19. The van der Waals surface area contributed by atoms with E-state index in [0.717, 1.165) is 121 Å². The van der Waals surface area contributed by atoms with Crippen molar-refractivity contribution in [1.29, 1.82) is 0 Å². The predicted molar refractivity (Wildman–Crippen MR) is 429 cm³/mol.